The van der Waals surface area contributed by atoms with Gasteiger partial charge in [-0.2, -0.15) is 0 Å². The molecular formula is C24H29NO8S. The fraction of sp³-hybridized carbons (Fsp3) is 0.458. The van der Waals surface area contributed by atoms with Crippen molar-refractivity contribution in [2.45, 2.75) is 45.6 Å². The minimum absolute atomic E-state index is 0.132. The van der Waals surface area contributed by atoms with Crippen LogP contribution in [0.1, 0.15) is 57.8 Å². The molecule has 2 aromatic rings. The highest BCUT2D eigenvalue weighted by Crippen LogP contribution is 2.40. The Morgan fingerprint density at radius 2 is 1.65 bits per heavy atom. The molecule has 0 saturated carbocycles. The van der Waals surface area contributed by atoms with Gasteiger partial charge in [-0.15, -0.1) is 11.3 Å². The Kier molecular flexibility index (Phi) is 8.38. The first-order chi connectivity index (χ1) is 16.3. The Labute approximate surface area is 202 Å². The number of methoxy groups -OCH3 is 3. The maximum absolute atomic E-state index is 12.9. The molecule has 0 fully saturated rings. The first-order valence-corrected chi connectivity index (χ1v) is 11.8. The van der Waals surface area contributed by atoms with Crippen LogP contribution in [-0.4, -0.2) is 51.9 Å². The summed E-state index contributed by atoms with van der Waals surface area (Å²) in [5, 5.41) is 3.18. The number of aryl methyl sites for hydroxylation is 1. The summed E-state index contributed by atoms with van der Waals surface area (Å²) >= 11 is 1.37. The maximum atomic E-state index is 12.9. The van der Waals surface area contributed by atoms with E-state index < -0.39 is 23.9 Å². The van der Waals surface area contributed by atoms with Crippen molar-refractivity contribution in [3.63, 3.8) is 0 Å². The van der Waals surface area contributed by atoms with E-state index in [1.165, 1.54) is 51.7 Å². The number of hydrogen-bond donors (Lipinski definition) is 1. The third-order valence-corrected chi connectivity index (χ3v) is 6.65. The third kappa shape index (κ3) is 5.27. The summed E-state index contributed by atoms with van der Waals surface area (Å²) < 4.78 is 26.4. The second kappa shape index (κ2) is 11.2. The van der Waals surface area contributed by atoms with E-state index in [1.54, 1.807) is 6.92 Å². The Bertz CT molecular complexity index is 1050. The summed E-state index contributed by atoms with van der Waals surface area (Å²) in [6.07, 6.45) is 2.51. The van der Waals surface area contributed by atoms with Crippen molar-refractivity contribution in [2.24, 2.45) is 0 Å². The second-order valence-corrected chi connectivity index (χ2v) is 8.69. The highest BCUT2D eigenvalue weighted by Gasteiger charge is 2.29. The monoisotopic (exact) mass is 491 g/mol. The number of fused-ring (bicyclic) bond motifs is 1. The number of carbonyl (C=O) groups is 3. The van der Waals surface area contributed by atoms with Crippen LogP contribution in [0.3, 0.4) is 0 Å². The molecule has 1 aliphatic rings. The van der Waals surface area contributed by atoms with Gasteiger partial charge in [-0.1, -0.05) is 0 Å². The van der Waals surface area contributed by atoms with E-state index >= 15 is 0 Å². The molecule has 10 heteroatoms. The van der Waals surface area contributed by atoms with E-state index in [2.05, 4.69) is 5.32 Å². The zero-order chi connectivity index (χ0) is 24.8. The molecule has 9 nitrogen and oxygen atoms in total. The van der Waals surface area contributed by atoms with Crippen molar-refractivity contribution >= 4 is 34.2 Å². The number of thiophene rings is 1. The number of nitrogens with one attached hydrogen (secondary N) is 1. The number of benzene rings is 1. The number of amides is 1. The molecule has 0 aliphatic heterocycles. The molecule has 1 heterocycles. The summed E-state index contributed by atoms with van der Waals surface area (Å²) in [5.41, 5.74) is 1.47. The molecule has 1 amide bonds. The van der Waals surface area contributed by atoms with Crippen LogP contribution < -0.4 is 19.5 Å². The van der Waals surface area contributed by atoms with Crippen molar-refractivity contribution in [3.8, 4) is 17.2 Å². The molecule has 1 atom stereocenters. The Hall–Kier alpha value is -3.27. The topological polar surface area (TPSA) is 109 Å². The smallest absolute Gasteiger partial charge is 0.341 e. The van der Waals surface area contributed by atoms with Gasteiger partial charge in [-0.3, -0.25) is 4.79 Å². The van der Waals surface area contributed by atoms with Gasteiger partial charge in [-0.25, -0.2) is 9.59 Å². The molecule has 1 aliphatic carbocycles. The zero-order valence-corrected chi connectivity index (χ0v) is 20.8. The van der Waals surface area contributed by atoms with Gasteiger partial charge in [0.25, 0.3) is 5.91 Å². The van der Waals surface area contributed by atoms with Crippen molar-refractivity contribution < 1.29 is 38.1 Å². The van der Waals surface area contributed by atoms with Crippen LogP contribution in [0, 0.1) is 0 Å². The number of anilines is 1. The molecule has 0 saturated heterocycles. The molecule has 0 radical (unpaired) electrons. The van der Waals surface area contributed by atoms with Crippen LogP contribution >= 0.6 is 11.3 Å². The van der Waals surface area contributed by atoms with Crippen LogP contribution in [0.5, 0.6) is 17.2 Å². The van der Waals surface area contributed by atoms with Gasteiger partial charge >= 0.3 is 11.9 Å². The summed E-state index contributed by atoms with van der Waals surface area (Å²) in [6.45, 7) is 3.43. The van der Waals surface area contributed by atoms with E-state index in [1.807, 2.05) is 0 Å². The van der Waals surface area contributed by atoms with Gasteiger partial charge in [0.2, 0.25) is 5.75 Å². The van der Waals surface area contributed by atoms with Crippen molar-refractivity contribution in [2.75, 3.05) is 33.3 Å². The van der Waals surface area contributed by atoms with Gasteiger partial charge in [0.05, 0.1) is 39.1 Å². The highest BCUT2D eigenvalue weighted by molar-refractivity contribution is 7.17. The molecule has 1 aromatic heterocycles. The van der Waals surface area contributed by atoms with Gasteiger partial charge in [-0.05, 0) is 57.2 Å². The average Bonchev–Trinajstić information content (AvgIpc) is 3.20. The lowest BCUT2D eigenvalue weighted by Crippen LogP contribution is -2.30. The summed E-state index contributed by atoms with van der Waals surface area (Å²) in [5.74, 6) is -0.842. The van der Waals surface area contributed by atoms with E-state index in [-0.39, 0.29) is 23.7 Å². The summed E-state index contributed by atoms with van der Waals surface area (Å²) in [6, 6.07) is 2.89. The van der Waals surface area contributed by atoms with Crippen molar-refractivity contribution in [1.82, 2.24) is 0 Å². The fourth-order valence-corrected chi connectivity index (χ4v) is 5.05. The number of carbonyl (C=O) groups excluding carboxylic acids is 3. The molecule has 1 aromatic carbocycles. The first-order valence-electron chi connectivity index (χ1n) is 11.0. The molecular weight excluding hydrogens is 462 g/mol. The third-order valence-electron chi connectivity index (χ3n) is 5.44. The van der Waals surface area contributed by atoms with E-state index in [4.69, 9.17) is 23.7 Å². The van der Waals surface area contributed by atoms with Gasteiger partial charge in [0, 0.05) is 4.88 Å². The van der Waals surface area contributed by atoms with Gasteiger partial charge < -0.3 is 29.0 Å². The van der Waals surface area contributed by atoms with Crippen molar-refractivity contribution in [3.05, 3.63) is 33.7 Å². The van der Waals surface area contributed by atoms with E-state index in [9.17, 15) is 14.4 Å². The van der Waals surface area contributed by atoms with Crippen LogP contribution in [-0.2, 0) is 27.1 Å². The Morgan fingerprint density at radius 1 is 1.00 bits per heavy atom. The van der Waals surface area contributed by atoms with E-state index in [0.717, 1.165) is 36.1 Å². The lowest BCUT2D eigenvalue weighted by Gasteiger charge is -2.16. The number of rotatable bonds is 9. The standard InChI is InChI=1S/C24H29NO8S/c1-6-32-24(28)19-15-9-7-8-10-18(15)34-22(19)25-21(26)13(2)33-23(27)14-11-16(29-3)20(31-5)17(12-14)30-4/h11-13H,6-10H2,1-5H3,(H,25,26)/t13-/m1/s1. The lowest BCUT2D eigenvalue weighted by molar-refractivity contribution is -0.123. The molecule has 0 bridgehead atoms. The molecule has 34 heavy (non-hydrogen) atoms. The van der Waals surface area contributed by atoms with Crippen LogP contribution in [0.15, 0.2) is 12.1 Å². The Balaban J connectivity index is 1.78. The van der Waals surface area contributed by atoms with Crippen LogP contribution in [0.2, 0.25) is 0 Å². The molecule has 1 N–H and O–H groups in total. The molecule has 0 spiro atoms. The predicted molar refractivity (Wildman–Crippen MR) is 127 cm³/mol. The number of ether oxygens (including phenoxy) is 5. The minimum atomic E-state index is -1.12. The number of hydrogen-bond acceptors (Lipinski definition) is 9. The largest absolute Gasteiger partial charge is 0.493 e. The van der Waals surface area contributed by atoms with Crippen LogP contribution in [0.25, 0.3) is 0 Å². The minimum Gasteiger partial charge on any atom is -0.493 e. The predicted octanol–water partition coefficient (Wildman–Crippen LogP) is 4.01. The van der Waals surface area contributed by atoms with Gasteiger partial charge in [0.1, 0.15) is 5.00 Å². The summed E-state index contributed by atoms with van der Waals surface area (Å²) in [4.78, 5) is 39.3. The van der Waals surface area contributed by atoms with Gasteiger partial charge in [0.15, 0.2) is 17.6 Å². The molecule has 0 unspecified atom stereocenters. The quantitative estimate of drug-likeness (QED) is 0.524. The second-order valence-electron chi connectivity index (χ2n) is 7.59. The molecule has 184 valence electrons. The average molecular weight is 492 g/mol. The summed E-state index contributed by atoms with van der Waals surface area (Å²) in [7, 11) is 4.33. The maximum Gasteiger partial charge on any atom is 0.341 e. The lowest BCUT2D eigenvalue weighted by atomic mass is 9.95. The van der Waals surface area contributed by atoms with Crippen LogP contribution in [0.4, 0.5) is 5.00 Å². The highest BCUT2D eigenvalue weighted by atomic mass is 32.1. The molecule has 3 rings (SSSR count). The fourth-order valence-electron chi connectivity index (χ4n) is 3.77. The number of esters is 2. The Morgan fingerprint density at radius 3 is 2.24 bits per heavy atom. The van der Waals surface area contributed by atoms with E-state index in [0.29, 0.717) is 16.3 Å². The SMILES string of the molecule is CCOC(=O)c1c(NC(=O)[C@@H](C)OC(=O)c2cc(OC)c(OC)c(OC)c2)sc2c1CCCC2. The zero-order valence-electron chi connectivity index (χ0n) is 19.9. The first kappa shape index (κ1) is 25.4. The normalized spacial score (nSPS) is 13.3. The van der Waals surface area contributed by atoms with Crippen molar-refractivity contribution in [1.29, 1.82) is 0 Å².